The van der Waals surface area contributed by atoms with Crippen LogP contribution in [0.3, 0.4) is 0 Å². The lowest BCUT2D eigenvalue weighted by atomic mass is 9.82. The molecule has 1 rings (SSSR count). The fourth-order valence-corrected chi connectivity index (χ4v) is 2.16. The van der Waals surface area contributed by atoms with E-state index in [-0.39, 0.29) is 5.92 Å². The lowest BCUT2D eigenvalue weighted by Gasteiger charge is -2.33. The van der Waals surface area contributed by atoms with Crippen molar-refractivity contribution < 1.29 is 9.84 Å². The largest absolute Gasteiger partial charge is 0.497 e. The zero-order valence-corrected chi connectivity index (χ0v) is 13.7. The quantitative estimate of drug-likeness (QED) is 0.811. The molecular formula is C17H29NO2. The van der Waals surface area contributed by atoms with E-state index < -0.39 is 5.60 Å². The normalized spacial score (nSPS) is 14.8. The molecular weight excluding hydrogens is 250 g/mol. The number of nitrogens with zero attached hydrogens (tertiary/aromatic N) is 1. The topological polar surface area (TPSA) is 32.7 Å². The van der Waals surface area contributed by atoms with Crippen LogP contribution in [0.5, 0.6) is 5.75 Å². The summed E-state index contributed by atoms with van der Waals surface area (Å²) in [6.45, 7) is 10.6. The first-order valence-electron chi connectivity index (χ1n) is 7.09. The molecule has 0 aliphatic carbocycles. The molecule has 0 aliphatic heterocycles. The molecule has 114 valence electrons. The van der Waals surface area contributed by atoms with Gasteiger partial charge in [-0.3, -0.25) is 0 Å². The minimum absolute atomic E-state index is 0.0390. The van der Waals surface area contributed by atoms with Crippen LogP contribution in [0.4, 0.5) is 0 Å². The highest BCUT2D eigenvalue weighted by molar-refractivity contribution is 5.35. The van der Waals surface area contributed by atoms with Gasteiger partial charge in [-0.05, 0) is 31.8 Å². The average Bonchev–Trinajstić information content (AvgIpc) is 2.47. The molecule has 0 unspecified atom stereocenters. The SMILES string of the molecule is C=C[C@](O)(c1cccc(OC)c1)[C@@H](C)CN(C)C.CC. The third-order valence-corrected chi connectivity index (χ3v) is 3.23. The molecule has 3 heteroatoms. The third kappa shape index (κ3) is 4.66. The van der Waals surface area contributed by atoms with E-state index in [1.165, 1.54) is 0 Å². The van der Waals surface area contributed by atoms with Crippen LogP contribution in [0, 0.1) is 5.92 Å². The minimum atomic E-state index is -1.04. The second-order valence-electron chi connectivity index (χ2n) is 4.92. The van der Waals surface area contributed by atoms with E-state index in [1.54, 1.807) is 13.2 Å². The van der Waals surface area contributed by atoms with E-state index in [1.807, 2.05) is 59.1 Å². The summed E-state index contributed by atoms with van der Waals surface area (Å²) in [5, 5.41) is 10.8. The van der Waals surface area contributed by atoms with Gasteiger partial charge < -0.3 is 14.7 Å². The van der Waals surface area contributed by atoms with Crippen LogP contribution in [0.2, 0.25) is 0 Å². The smallest absolute Gasteiger partial charge is 0.119 e. The maximum Gasteiger partial charge on any atom is 0.119 e. The van der Waals surface area contributed by atoms with Crippen molar-refractivity contribution in [3.8, 4) is 5.75 Å². The Kier molecular flexibility index (Phi) is 8.19. The molecule has 20 heavy (non-hydrogen) atoms. The van der Waals surface area contributed by atoms with Crippen LogP contribution in [0.1, 0.15) is 26.3 Å². The first kappa shape index (κ1) is 18.7. The monoisotopic (exact) mass is 279 g/mol. The van der Waals surface area contributed by atoms with E-state index >= 15 is 0 Å². The van der Waals surface area contributed by atoms with Crippen LogP contribution in [-0.2, 0) is 5.60 Å². The van der Waals surface area contributed by atoms with Gasteiger partial charge in [0, 0.05) is 12.5 Å². The predicted molar refractivity (Wildman–Crippen MR) is 86.2 cm³/mol. The molecule has 0 fully saturated rings. The van der Waals surface area contributed by atoms with Gasteiger partial charge in [0.2, 0.25) is 0 Å². The maximum absolute atomic E-state index is 10.8. The van der Waals surface area contributed by atoms with Gasteiger partial charge in [-0.1, -0.05) is 45.6 Å². The lowest BCUT2D eigenvalue weighted by molar-refractivity contribution is 0.0211. The summed E-state index contributed by atoms with van der Waals surface area (Å²) in [7, 11) is 5.60. The Bertz CT molecular complexity index is 404. The standard InChI is InChI=1S/C15H23NO2.C2H6/c1-6-15(17,12(2)11-16(3)4)13-8-7-9-14(10-13)18-5;1-2/h6-10,12,17H,1,11H2,2-5H3;1-2H3/t12-,15+;/m0./s1. The van der Waals surface area contributed by atoms with Crippen LogP contribution < -0.4 is 4.74 Å². The van der Waals surface area contributed by atoms with Crippen molar-refractivity contribution >= 4 is 0 Å². The summed E-state index contributed by atoms with van der Waals surface area (Å²) < 4.78 is 5.20. The number of benzene rings is 1. The van der Waals surface area contributed by atoms with Crippen LogP contribution >= 0.6 is 0 Å². The summed E-state index contributed by atoms with van der Waals surface area (Å²) in [5.74, 6) is 0.780. The highest BCUT2D eigenvalue weighted by atomic mass is 16.5. The van der Waals surface area contributed by atoms with E-state index in [2.05, 4.69) is 11.5 Å². The van der Waals surface area contributed by atoms with Crippen LogP contribution in [0.25, 0.3) is 0 Å². The van der Waals surface area contributed by atoms with E-state index in [4.69, 9.17) is 4.74 Å². The van der Waals surface area contributed by atoms with Crippen molar-refractivity contribution in [2.24, 2.45) is 5.92 Å². The van der Waals surface area contributed by atoms with Crippen molar-refractivity contribution in [3.05, 3.63) is 42.5 Å². The number of hydrogen-bond donors (Lipinski definition) is 1. The zero-order valence-electron chi connectivity index (χ0n) is 13.7. The molecule has 0 amide bonds. The highest BCUT2D eigenvalue weighted by Crippen LogP contribution is 2.33. The molecule has 0 bridgehead atoms. The van der Waals surface area contributed by atoms with Gasteiger partial charge in [0.25, 0.3) is 0 Å². The van der Waals surface area contributed by atoms with Crippen molar-refractivity contribution in [1.82, 2.24) is 4.90 Å². The summed E-state index contributed by atoms with van der Waals surface area (Å²) in [6, 6.07) is 7.50. The molecule has 1 aromatic rings. The molecule has 0 heterocycles. The second-order valence-corrected chi connectivity index (χ2v) is 4.92. The third-order valence-electron chi connectivity index (χ3n) is 3.23. The molecule has 0 spiro atoms. The van der Waals surface area contributed by atoms with Crippen molar-refractivity contribution in [1.29, 1.82) is 0 Å². The Balaban J connectivity index is 0.00000172. The van der Waals surface area contributed by atoms with Gasteiger partial charge in [-0.15, -0.1) is 0 Å². The first-order valence-corrected chi connectivity index (χ1v) is 7.09. The van der Waals surface area contributed by atoms with E-state index in [9.17, 15) is 5.11 Å². The highest BCUT2D eigenvalue weighted by Gasteiger charge is 2.33. The number of rotatable bonds is 6. The Morgan fingerprint density at radius 1 is 1.40 bits per heavy atom. The van der Waals surface area contributed by atoms with Crippen molar-refractivity contribution in [2.75, 3.05) is 27.7 Å². The van der Waals surface area contributed by atoms with Crippen molar-refractivity contribution in [2.45, 2.75) is 26.4 Å². The first-order chi connectivity index (χ1) is 9.43. The minimum Gasteiger partial charge on any atom is -0.497 e. The van der Waals surface area contributed by atoms with Crippen molar-refractivity contribution in [3.63, 3.8) is 0 Å². The van der Waals surface area contributed by atoms with Crippen LogP contribution in [-0.4, -0.2) is 37.8 Å². The molecule has 0 saturated heterocycles. The molecule has 0 saturated carbocycles. The summed E-state index contributed by atoms with van der Waals surface area (Å²) in [6.07, 6.45) is 1.61. The number of hydrogen-bond acceptors (Lipinski definition) is 3. The second kappa shape index (κ2) is 8.77. The molecule has 0 aromatic heterocycles. The van der Waals surface area contributed by atoms with Gasteiger partial charge in [0.05, 0.1) is 7.11 Å². The fourth-order valence-electron chi connectivity index (χ4n) is 2.16. The Morgan fingerprint density at radius 2 is 2.00 bits per heavy atom. The van der Waals surface area contributed by atoms with E-state index in [0.717, 1.165) is 17.9 Å². The Labute approximate surface area is 123 Å². The molecule has 2 atom stereocenters. The summed E-state index contributed by atoms with van der Waals surface area (Å²) >= 11 is 0. The molecule has 3 nitrogen and oxygen atoms in total. The number of aliphatic hydroxyl groups is 1. The summed E-state index contributed by atoms with van der Waals surface area (Å²) in [5.41, 5.74) is -0.232. The Morgan fingerprint density at radius 3 is 2.45 bits per heavy atom. The fraction of sp³-hybridized carbons (Fsp3) is 0.529. The number of ether oxygens (including phenoxy) is 1. The van der Waals surface area contributed by atoms with Gasteiger partial charge in [-0.25, -0.2) is 0 Å². The van der Waals surface area contributed by atoms with Gasteiger partial charge in [0.15, 0.2) is 0 Å². The van der Waals surface area contributed by atoms with Gasteiger partial charge in [0.1, 0.15) is 11.4 Å². The number of methoxy groups -OCH3 is 1. The van der Waals surface area contributed by atoms with Crippen LogP contribution in [0.15, 0.2) is 36.9 Å². The summed E-state index contributed by atoms with van der Waals surface area (Å²) in [4.78, 5) is 2.05. The van der Waals surface area contributed by atoms with Gasteiger partial charge >= 0.3 is 0 Å². The zero-order chi connectivity index (χ0) is 15.8. The molecule has 0 radical (unpaired) electrons. The average molecular weight is 279 g/mol. The van der Waals surface area contributed by atoms with E-state index in [0.29, 0.717) is 0 Å². The molecule has 1 aromatic carbocycles. The maximum atomic E-state index is 10.8. The predicted octanol–water partition coefficient (Wildman–Crippen LogP) is 3.29. The Hall–Kier alpha value is -1.32. The molecule has 0 aliphatic rings. The van der Waals surface area contributed by atoms with Gasteiger partial charge in [-0.2, -0.15) is 0 Å². The molecule has 1 N–H and O–H groups in total. The lowest BCUT2D eigenvalue weighted by Crippen LogP contribution is -2.37.